The van der Waals surface area contributed by atoms with Gasteiger partial charge in [0.1, 0.15) is 12.0 Å². The summed E-state index contributed by atoms with van der Waals surface area (Å²) in [5, 5.41) is 0.501. The zero-order valence-electron chi connectivity index (χ0n) is 15.0. The maximum absolute atomic E-state index is 13.0. The predicted octanol–water partition coefficient (Wildman–Crippen LogP) is 3.21. The number of thiocarbonyl (C=S) groups is 1. The van der Waals surface area contributed by atoms with Crippen LogP contribution in [-0.2, 0) is 9.53 Å². The highest BCUT2D eigenvalue weighted by atomic mass is 32.1. The molecule has 0 atom stereocenters. The summed E-state index contributed by atoms with van der Waals surface area (Å²) in [6.45, 7) is 1.60. The molecule has 2 aromatic rings. The average Bonchev–Trinajstić information content (AvgIpc) is 2.65. The van der Waals surface area contributed by atoms with Crippen molar-refractivity contribution in [1.82, 2.24) is 0 Å². The molecular weight excluding hydrogens is 344 g/mol. The smallest absolute Gasteiger partial charge is 0.318 e. The molecule has 0 spiro atoms. The fourth-order valence-electron chi connectivity index (χ4n) is 3.44. The topological polar surface area (TPSA) is 52.3 Å². The van der Waals surface area contributed by atoms with Crippen molar-refractivity contribution < 1.29 is 14.0 Å². The van der Waals surface area contributed by atoms with E-state index in [0.29, 0.717) is 9.60 Å². The van der Waals surface area contributed by atoms with Crippen LogP contribution in [0.1, 0.15) is 29.9 Å². The van der Waals surface area contributed by atoms with E-state index in [1.807, 2.05) is 67.7 Å². The third-order valence-corrected chi connectivity index (χ3v) is 5.65. The number of esters is 1. The lowest BCUT2D eigenvalue weighted by Crippen LogP contribution is -2.57. The number of likely N-dealkylation sites (tertiary alicyclic amines) is 1. The Morgan fingerprint density at radius 2 is 1.50 bits per heavy atom. The van der Waals surface area contributed by atoms with Crippen LogP contribution in [0.15, 0.2) is 60.7 Å². The van der Waals surface area contributed by atoms with Gasteiger partial charge in [-0.2, -0.15) is 0 Å². The van der Waals surface area contributed by atoms with Gasteiger partial charge in [0.25, 0.3) is 5.11 Å². The van der Waals surface area contributed by atoms with Crippen LogP contribution in [0.5, 0.6) is 0 Å². The quantitative estimate of drug-likeness (QED) is 0.511. The normalized spacial score (nSPS) is 22.8. The van der Waals surface area contributed by atoms with E-state index in [1.165, 1.54) is 0 Å². The fraction of sp³-hybridized carbons (Fsp3) is 0.333. The van der Waals surface area contributed by atoms with E-state index in [4.69, 9.17) is 22.7 Å². The van der Waals surface area contributed by atoms with E-state index >= 15 is 0 Å². The first kappa shape index (κ1) is 18.5. The summed E-state index contributed by atoms with van der Waals surface area (Å²) >= 11 is 5.17. The first-order valence-corrected chi connectivity index (χ1v) is 9.35. The summed E-state index contributed by atoms with van der Waals surface area (Å²) in [6, 6.07) is 19.6. The molecule has 2 N–H and O–H groups in total. The third kappa shape index (κ3) is 4.11. The molecule has 1 heterocycles. The molecule has 26 heavy (non-hydrogen) atoms. The lowest BCUT2D eigenvalue weighted by molar-refractivity contribution is -0.826. The van der Waals surface area contributed by atoms with Crippen LogP contribution in [0.25, 0.3) is 0 Å². The molecule has 0 saturated carbocycles. The monoisotopic (exact) mass is 369 g/mol. The Labute approximate surface area is 160 Å². The number of rotatable bonds is 4. The van der Waals surface area contributed by atoms with E-state index in [9.17, 15) is 4.79 Å². The maximum Gasteiger partial charge on any atom is 0.318 e. The Morgan fingerprint density at radius 3 is 1.92 bits per heavy atom. The minimum absolute atomic E-state index is 0.0852. The minimum Gasteiger partial charge on any atom is -0.461 e. The molecule has 0 radical (unpaired) electrons. The highest BCUT2D eigenvalue weighted by Crippen LogP contribution is 2.28. The zero-order chi connectivity index (χ0) is 18.6. The number of ether oxygens (including phenoxy) is 1. The van der Waals surface area contributed by atoms with Crippen molar-refractivity contribution >= 4 is 23.3 Å². The predicted molar refractivity (Wildman–Crippen MR) is 107 cm³/mol. The molecular formula is C21H25N2O2S+. The molecule has 0 amide bonds. The van der Waals surface area contributed by atoms with Crippen LogP contribution in [0.3, 0.4) is 0 Å². The molecule has 136 valence electrons. The van der Waals surface area contributed by atoms with Gasteiger partial charge in [0.2, 0.25) is 0 Å². The van der Waals surface area contributed by atoms with Crippen molar-refractivity contribution in [2.24, 2.45) is 5.73 Å². The van der Waals surface area contributed by atoms with Gasteiger partial charge in [0.15, 0.2) is 0 Å². The molecule has 0 unspecified atom stereocenters. The van der Waals surface area contributed by atoms with Crippen molar-refractivity contribution in [3.05, 3.63) is 71.8 Å². The molecule has 3 rings (SSSR count). The molecule has 1 aliphatic rings. The van der Waals surface area contributed by atoms with Crippen molar-refractivity contribution in [2.75, 3.05) is 20.1 Å². The van der Waals surface area contributed by atoms with Crippen LogP contribution in [0.2, 0.25) is 0 Å². The second kappa shape index (κ2) is 7.98. The average molecular weight is 370 g/mol. The molecule has 2 aromatic carbocycles. The summed E-state index contributed by atoms with van der Waals surface area (Å²) in [6.07, 6.45) is 1.46. The standard InChI is InChI=1S/C21H24N2O2S/c1-23(21(22)26)14-12-18(13-15-23)25-20(24)19(16-8-4-2-5-9-16)17-10-6-3-7-11-17/h2-11,18-19H,12-15H2,1H3,(H-,22,26)/p+1. The molecule has 4 nitrogen and oxygen atoms in total. The van der Waals surface area contributed by atoms with Crippen LogP contribution in [0, 0.1) is 0 Å². The molecule has 1 saturated heterocycles. The summed E-state index contributed by atoms with van der Waals surface area (Å²) in [5.41, 5.74) is 7.74. The van der Waals surface area contributed by atoms with Gasteiger partial charge < -0.3 is 10.5 Å². The Hall–Kier alpha value is -2.24. The molecule has 1 aliphatic heterocycles. The van der Waals surface area contributed by atoms with E-state index in [0.717, 1.165) is 37.1 Å². The lowest BCUT2D eigenvalue weighted by atomic mass is 9.91. The maximum atomic E-state index is 13.0. The fourth-order valence-corrected chi connectivity index (χ4v) is 3.62. The van der Waals surface area contributed by atoms with Gasteiger partial charge in [-0.25, -0.2) is 0 Å². The molecule has 5 heteroatoms. The Balaban J connectivity index is 1.74. The summed E-state index contributed by atoms with van der Waals surface area (Å²) in [7, 11) is 2.04. The van der Waals surface area contributed by atoms with Crippen LogP contribution in [0.4, 0.5) is 0 Å². The number of benzene rings is 2. The number of nitrogens with zero attached hydrogens (tertiary/aromatic N) is 1. The number of carbonyl (C=O) groups excluding carboxylic acids is 1. The van der Waals surface area contributed by atoms with Gasteiger partial charge in [-0.3, -0.25) is 9.28 Å². The molecule has 1 fully saturated rings. The van der Waals surface area contributed by atoms with Crippen LogP contribution in [-0.4, -0.2) is 41.8 Å². The minimum atomic E-state index is -0.407. The first-order valence-electron chi connectivity index (χ1n) is 8.94. The van der Waals surface area contributed by atoms with E-state index in [2.05, 4.69) is 0 Å². The third-order valence-electron chi connectivity index (χ3n) is 5.21. The number of hydrogen-bond acceptors (Lipinski definition) is 3. The van der Waals surface area contributed by atoms with Crippen molar-refractivity contribution in [1.29, 1.82) is 0 Å². The van der Waals surface area contributed by atoms with Gasteiger partial charge >= 0.3 is 5.97 Å². The van der Waals surface area contributed by atoms with Crippen molar-refractivity contribution in [3.8, 4) is 0 Å². The number of piperidine rings is 1. The van der Waals surface area contributed by atoms with Gasteiger partial charge in [0.05, 0.1) is 20.1 Å². The van der Waals surface area contributed by atoms with Gasteiger partial charge in [-0.05, 0) is 11.1 Å². The van der Waals surface area contributed by atoms with E-state index < -0.39 is 5.92 Å². The van der Waals surface area contributed by atoms with Gasteiger partial charge in [0, 0.05) is 25.1 Å². The Bertz CT molecular complexity index is 717. The number of nitrogens with two attached hydrogens (primary N) is 1. The number of hydrogen-bond donors (Lipinski definition) is 1. The molecule has 0 aliphatic carbocycles. The lowest BCUT2D eigenvalue weighted by Gasteiger charge is -2.38. The summed E-state index contributed by atoms with van der Waals surface area (Å²) in [5.74, 6) is -0.602. The highest BCUT2D eigenvalue weighted by Gasteiger charge is 2.35. The van der Waals surface area contributed by atoms with Crippen molar-refractivity contribution in [3.63, 3.8) is 0 Å². The first-order chi connectivity index (χ1) is 12.5. The second-order valence-electron chi connectivity index (χ2n) is 7.07. The Morgan fingerprint density at radius 1 is 1.04 bits per heavy atom. The summed E-state index contributed by atoms with van der Waals surface area (Å²) in [4.78, 5) is 13.0. The number of carbonyl (C=O) groups is 1. The largest absolute Gasteiger partial charge is 0.461 e. The van der Waals surface area contributed by atoms with Crippen LogP contribution >= 0.6 is 12.2 Å². The molecule has 0 aromatic heterocycles. The van der Waals surface area contributed by atoms with Crippen molar-refractivity contribution in [2.45, 2.75) is 24.9 Å². The van der Waals surface area contributed by atoms with Gasteiger partial charge in [-0.15, -0.1) is 0 Å². The summed E-state index contributed by atoms with van der Waals surface area (Å²) < 4.78 is 6.48. The van der Waals surface area contributed by atoms with Crippen LogP contribution < -0.4 is 5.73 Å². The SMILES string of the molecule is C[N+]1(C(N)=S)CCC(OC(=O)C(c2ccccc2)c2ccccc2)CC1. The number of quaternary nitrogens is 1. The second-order valence-corrected chi connectivity index (χ2v) is 7.49. The molecule has 0 bridgehead atoms. The highest BCUT2D eigenvalue weighted by molar-refractivity contribution is 7.79. The van der Waals surface area contributed by atoms with E-state index in [-0.39, 0.29) is 12.1 Å². The van der Waals surface area contributed by atoms with Gasteiger partial charge in [-0.1, -0.05) is 60.7 Å². The Kier molecular flexibility index (Phi) is 5.69. The zero-order valence-corrected chi connectivity index (χ0v) is 15.8. The van der Waals surface area contributed by atoms with E-state index in [1.54, 1.807) is 0 Å².